The van der Waals surface area contributed by atoms with E-state index in [1.54, 1.807) is 6.07 Å². The fraction of sp³-hybridized carbons (Fsp3) is 0.455. The van der Waals surface area contributed by atoms with Crippen molar-refractivity contribution in [1.82, 2.24) is 4.90 Å². The molecule has 1 aromatic carbocycles. The summed E-state index contributed by atoms with van der Waals surface area (Å²) in [7, 11) is 0. The molecule has 1 N–H and O–H groups in total. The van der Waals surface area contributed by atoms with Crippen LogP contribution >= 0.6 is 11.6 Å². The number of hydrogen-bond acceptors (Lipinski definition) is 2. The van der Waals surface area contributed by atoms with Gasteiger partial charge >= 0.3 is 0 Å². The molecule has 1 aromatic rings. The Morgan fingerprint density at radius 3 is 2.80 bits per heavy atom. The van der Waals surface area contributed by atoms with Gasteiger partial charge in [-0.3, -0.25) is 4.90 Å². The standard InChI is InChI=1S/C11H13ClFNO/c12-11-3-10(13)2-1-9(11)6-14-4-8(5-14)7-15/h1-3,8,15H,4-7H2. The van der Waals surface area contributed by atoms with E-state index in [1.807, 2.05) is 0 Å². The monoisotopic (exact) mass is 229 g/mol. The quantitative estimate of drug-likeness (QED) is 0.856. The third-order valence-corrected chi connectivity index (χ3v) is 3.05. The molecule has 15 heavy (non-hydrogen) atoms. The summed E-state index contributed by atoms with van der Waals surface area (Å²) in [5.74, 6) is 0.0878. The summed E-state index contributed by atoms with van der Waals surface area (Å²) < 4.78 is 12.8. The maximum atomic E-state index is 12.8. The highest BCUT2D eigenvalue weighted by atomic mass is 35.5. The molecule has 0 spiro atoms. The highest BCUT2D eigenvalue weighted by Crippen LogP contribution is 2.23. The second-order valence-electron chi connectivity index (χ2n) is 3.98. The van der Waals surface area contributed by atoms with E-state index < -0.39 is 0 Å². The molecule has 0 amide bonds. The van der Waals surface area contributed by atoms with Gasteiger partial charge in [-0.15, -0.1) is 0 Å². The molecule has 2 rings (SSSR count). The maximum absolute atomic E-state index is 12.8. The Kier molecular flexibility index (Phi) is 3.24. The number of aliphatic hydroxyl groups excluding tert-OH is 1. The zero-order valence-electron chi connectivity index (χ0n) is 8.29. The Labute approximate surface area is 93.3 Å². The van der Waals surface area contributed by atoms with Gasteiger partial charge in [-0.25, -0.2) is 4.39 Å². The lowest BCUT2D eigenvalue weighted by Gasteiger charge is -2.38. The predicted molar refractivity (Wildman–Crippen MR) is 57.3 cm³/mol. The van der Waals surface area contributed by atoms with E-state index in [0.717, 1.165) is 25.2 Å². The van der Waals surface area contributed by atoms with E-state index in [2.05, 4.69) is 4.90 Å². The first-order valence-corrected chi connectivity index (χ1v) is 5.34. The average Bonchev–Trinajstić information content (AvgIpc) is 2.13. The van der Waals surface area contributed by atoms with Crippen LogP contribution in [0.15, 0.2) is 18.2 Å². The molecule has 2 nitrogen and oxygen atoms in total. The van der Waals surface area contributed by atoms with Crippen molar-refractivity contribution in [1.29, 1.82) is 0 Å². The van der Waals surface area contributed by atoms with E-state index >= 15 is 0 Å². The van der Waals surface area contributed by atoms with Crippen molar-refractivity contribution in [3.8, 4) is 0 Å². The highest BCUT2D eigenvalue weighted by molar-refractivity contribution is 6.31. The summed E-state index contributed by atoms with van der Waals surface area (Å²) in [4.78, 5) is 2.18. The van der Waals surface area contributed by atoms with Gasteiger partial charge in [0.05, 0.1) is 0 Å². The van der Waals surface area contributed by atoms with Gasteiger partial charge in [0.2, 0.25) is 0 Å². The molecule has 1 heterocycles. The van der Waals surface area contributed by atoms with E-state index in [9.17, 15) is 4.39 Å². The first-order valence-electron chi connectivity index (χ1n) is 4.96. The Morgan fingerprint density at radius 1 is 1.47 bits per heavy atom. The number of rotatable bonds is 3. The minimum absolute atomic E-state index is 0.244. The Balaban J connectivity index is 1.94. The highest BCUT2D eigenvalue weighted by Gasteiger charge is 2.25. The summed E-state index contributed by atoms with van der Waals surface area (Å²) >= 11 is 5.91. The van der Waals surface area contributed by atoms with Crippen LogP contribution in [-0.4, -0.2) is 29.7 Å². The van der Waals surface area contributed by atoms with Crippen LogP contribution < -0.4 is 0 Å². The van der Waals surface area contributed by atoms with Gasteiger partial charge < -0.3 is 5.11 Å². The number of hydrogen-bond donors (Lipinski definition) is 1. The van der Waals surface area contributed by atoms with Gasteiger partial charge in [-0.05, 0) is 17.7 Å². The van der Waals surface area contributed by atoms with Crippen LogP contribution in [0.5, 0.6) is 0 Å². The van der Waals surface area contributed by atoms with E-state index in [0.29, 0.717) is 10.9 Å². The number of halogens is 2. The molecule has 1 aliphatic heterocycles. The van der Waals surface area contributed by atoms with Crippen molar-refractivity contribution in [2.45, 2.75) is 6.54 Å². The summed E-state index contributed by atoms with van der Waals surface area (Å²) in [6, 6.07) is 4.47. The second kappa shape index (κ2) is 4.47. The summed E-state index contributed by atoms with van der Waals surface area (Å²) in [5, 5.41) is 9.33. The van der Waals surface area contributed by atoms with Crippen molar-refractivity contribution in [3.05, 3.63) is 34.6 Å². The first kappa shape index (κ1) is 10.9. The third-order valence-electron chi connectivity index (χ3n) is 2.70. The fourth-order valence-electron chi connectivity index (χ4n) is 1.81. The minimum Gasteiger partial charge on any atom is -0.396 e. The van der Waals surface area contributed by atoms with Gasteiger partial charge in [-0.2, -0.15) is 0 Å². The zero-order valence-corrected chi connectivity index (χ0v) is 9.04. The van der Waals surface area contributed by atoms with Crippen LogP contribution in [0.4, 0.5) is 4.39 Å². The van der Waals surface area contributed by atoms with Gasteiger partial charge in [0.15, 0.2) is 0 Å². The number of nitrogens with zero attached hydrogens (tertiary/aromatic N) is 1. The molecule has 0 saturated carbocycles. The molecule has 4 heteroatoms. The summed E-state index contributed by atoms with van der Waals surface area (Å²) in [5.41, 5.74) is 0.939. The molecule has 1 fully saturated rings. The normalized spacial score (nSPS) is 17.8. The van der Waals surface area contributed by atoms with Crippen LogP contribution in [0.1, 0.15) is 5.56 Å². The smallest absolute Gasteiger partial charge is 0.124 e. The van der Waals surface area contributed by atoms with Gasteiger partial charge in [0, 0.05) is 37.2 Å². The maximum Gasteiger partial charge on any atom is 0.124 e. The molecule has 0 unspecified atom stereocenters. The van der Waals surface area contributed by atoms with Gasteiger partial charge in [0.1, 0.15) is 5.82 Å². The molecular formula is C11H13ClFNO. The van der Waals surface area contributed by atoms with Crippen molar-refractivity contribution in [3.63, 3.8) is 0 Å². The van der Waals surface area contributed by atoms with E-state index in [4.69, 9.17) is 16.7 Å². The minimum atomic E-state index is -0.305. The Bertz CT molecular complexity index is 352. The first-order chi connectivity index (χ1) is 7.19. The Morgan fingerprint density at radius 2 is 2.20 bits per heavy atom. The van der Waals surface area contributed by atoms with Gasteiger partial charge in [-0.1, -0.05) is 17.7 Å². The fourth-order valence-corrected chi connectivity index (χ4v) is 2.04. The predicted octanol–water partition coefficient (Wildman–Crippen LogP) is 1.90. The van der Waals surface area contributed by atoms with Crippen molar-refractivity contribution in [2.24, 2.45) is 5.92 Å². The number of likely N-dealkylation sites (tertiary alicyclic amines) is 1. The van der Waals surface area contributed by atoms with Crippen LogP contribution in [0.2, 0.25) is 5.02 Å². The number of benzene rings is 1. The largest absolute Gasteiger partial charge is 0.396 e. The molecule has 1 aliphatic rings. The topological polar surface area (TPSA) is 23.5 Å². The van der Waals surface area contributed by atoms with Crippen LogP contribution in [0.25, 0.3) is 0 Å². The molecular weight excluding hydrogens is 217 g/mol. The molecule has 82 valence electrons. The molecule has 1 saturated heterocycles. The average molecular weight is 230 g/mol. The van der Waals surface area contributed by atoms with E-state index in [1.165, 1.54) is 12.1 Å². The van der Waals surface area contributed by atoms with Crippen molar-refractivity contribution < 1.29 is 9.50 Å². The lowest BCUT2D eigenvalue weighted by Crippen LogP contribution is -2.47. The lowest BCUT2D eigenvalue weighted by atomic mass is 10.0. The van der Waals surface area contributed by atoms with Crippen molar-refractivity contribution >= 4 is 11.6 Å². The molecule has 0 radical (unpaired) electrons. The molecule has 0 bridgehead atoms. The van der Waals surface area contributed by atoms with Crippen LogP contribution in [0.3, 0.4) is 0 Å². The lowest BCUT2D eigenvalue weighted by molar-refractivity contribution is 0.0479. The van der Waals surface area contributed by atoms with Crippen LogP contribution in [0, 0.1) is 11.7 Å². The summed E-state index contributed by atoms with van der Waals surface area (Å²) in [6.07, 6.45) is 0. The molecule has 0 aliphatic carbocycles. The number of aliphatic hydroxyl groups is 1. The third kappa shape index (κ3) is 2.48. The second-order valence-corrected chi connectivity index (χ2v) is 4.39. The molecule has 0 aromatic heterocycles. The zero-order chi connectivity index (χ0) is 10.8. The van der Waals surface area contributed by atoms with Gasteiger partial charge in [0.25, 0.3) is 0 Å². The Hall–Kier alpha value is -0.640. The van der Waals surface area contributed by atoms with E-state index in [-0.39, 0.29) is 12.4 Å². The summed E-state index contributed by atoms with van der Waals surface area (Å²) in [6.45, 7) is 2.76. The molecule has 0 atom stereocenters. The SMILES string of the molecule is OCC1CN(Cc2ccc(F)cc2Cl)C1. The van der Waals surface area contributed by atoms with Crippen molar-refractivity contribution in [2.75, 3.05) is 19.7 Å². The van der Waals surface area contributed by atoms with Crippen LogP contribution in [-0.2, 0) is 6.54 Å².